The number of rotatable bonds is 4. The van der Waals surface area contributed by atoms with Crippen molar-refractivity contribution in [3.63, 3.8) is 0 Å². The van der Waals surface area contributed by atoms with Gasteiger partial charge in [-0.25, -0.2) is 0 Å². The van der Waals surface area contributed by atoms with Crippen molar-refractivity contribution < 1.29 is 9.53 Å². The Morgan fingerprint density at radius 1 is 1.44 bits per heavy atom. The molecule has 0 amide bonds. The van der Waals surface area contributed by atoms with Gasteiger partial charge >= 0.3 is 0 Å². The Labute approximate surface area is 109 Å². The number of carbonyl (C=O) groups excluding carboxylic acids is 1. The van der Waals surface area contributed by atoms with E-state index in [0.717, 1.165) is 18.4 Å². The maximum absolute atomic E-state index is 12.1. The quantitative estimate of drug-likeness (QED) is 0.820. The first-order valence-electron chi connectivity index (χ1n) is 6.70. The minimum absolute atomic E-state index is 0.0750. The fourth-order valence-corrected chi connectivity index (χ4v) is 2.90. The van der Waals surface area contributed by atoms with E-state index in [1.54, 1.807) is 7.11 Å². The van der Waals surface area contributed by atoms with Gasteiger partial charge in [0.1, 0.15) is 0 Å². The molecule has 18 heavy (non-hydrogen) atoms. The van der Waals surface area contributed by atoms with Gasteiger partial charge in [-0.05, 0) is 24.3 Å². The van der Waals surface area contributed by atoms with E-state index in [4.69, 9.17) is 4.74 Å². The van der Waals surface area contributed by atoms with Crippen molar-refractivity contribution in [3.8, 4) is 0 Å². The van der Waals surface area contributed by atoms with E-state index in [1.165, 1.54) is 5.69 Å². The van der Waals surface area contributed by atoms with Crippen LogP contribution in [0.4, 0.5) is 0 Å². The molecule has 1 aromatic rings. The van der Waals surface area contributed by atoms with Crippen LogP contribution in [0.3, 0.4) is 0 Å². The van der Waals surface area contributed by atoms with E-state index < -0.39 is 0 Å². The number of Topliss-reactive ketones (excluding diaryl/α,β-unsaturated/α-hetero) is 1. The van der Waals surface area contributed by atoms with Gasteiger partial charge in [0.15, 0.2) is 5.78 Å². The topological polar surface area (TPSA) is 31.2 Å². The van der Waals surface area contributed by atoms with Crippen molar-refractivity contribution >= 4 is 5.78 Å². The van der Waals surface area contributed by atoms with Crippen LogP contribution in [0.15, 0.2) is 12.3 Å². The first kappa shape index (κ1) is 13.3. The molecule has 3 nitrogen and oxygen atoms in total. The zero-order valence-electron chi connectivity index (χ0n) is 11.8. The minimum atomic E-state index is 0.0750. The van der Waals surface area contributed by atoms with Crippen LogP contribution in [0, 0.1) is 5.41 Å². The summed E-state index contributed by atoms with van der Waals surface area (Å²) in [5, 5.41) is 0. The lowest BCUT2D eigenvalue weighted by Gasteiger charge is -2.31. The molecule has 3 heteroatoms. The minimum Gasteiger partial charge on any atom is -0.383 e. The second kappa shape index (κ2) is 4.88. The number of methoxy groups -OCH3 is 1. The first-order chi connectivity index (χ1) is 8.48. The molecule has 0 spiro atoms. The highest BCUT2D eigenvalue weighted by Crippen LogP contribution is 2.36. The second-order valence-electron chi connectivity index (χ2n) is 6.04. The van der Waals surface area contributed by atoms with Crippen molar-refractivity contribution in [2.45, 2.75) is 46.1 Å². The molecule has 2 rings (SSSR count). The highest BCUT2D eigenvalue weighted by atomic mass is 16.5. The van der Waals surface area contributed by atoms with E-state index in [-0.39, 0.29) is 11.2 Å². The Bertz CT molecular complexity index is 445. The molecule has 1 aliphatic carbocycles. The van der Waals surface area contributed by atoms with Gasteiger partial charge in [-0.2, -0.15) is 0 Å². The number of carbonyl (C=O) groups is 1. The molecule has 0 bridgehead atoms. The van der Waals surface area contributed by atoms with Crippen LogP contribution in [-0.4, -0.2) is 24.1 Å². The van der Waals surface area contributed by atoms with Crippen LogP contribution in [0.25, 0.3) is 0 Å². The van der Waals surface area contributed by atoms with Crippen molar-refractivity contribution in [1.82, 2.24) is 4.57 Å². The summed E-state index contributed by atoms with van der Waals surface area (Å²) in [4.78, 5) is 12.1. The van der Waals surface area contributed by atoms with Crippen LogP contribution < -0.4 is 0 Å². The van der Waals surface area contributed by atoms with Crippen LogP contribution in [0.2, 0.25) is 0 Å². The molecule has 0 radical (unpaired) electrons. The summed E-state index contributed by atoms with van der Waals surface area (Å²) in [7, 11) is 1.73. The smallest absolute Gasteiger partial charge is 0.165 e. The fraction of sp³-hybridized carbons (Fsp3) is 0.667. The number of aromatic nitrogens is 1. The summed E-state index contributed by atoms with van der Waals surface area (Å²) in [5.74, 6) is 0.285. The molecule has 0 saturated heterocycles. The summed E-state index contributed by atoms with van der Waals surface area (Å²) >= 11 is 0. The average Bonchev–Trinajstić information content (AvgIpc) is 2.68. The maximum Gasteiger partial charge on any atom is 0.165 e. The first-order valence-corrected chi connectivity index (χ1v) is 6.70. The van der Waals surface area contributed by atoms with E-state index in [1.807, 2.05) is 6.07 Å². The lowest BCUT2D eigenvalue weighted by Crippen LogP contribution is -2.29. The SMILES string of the molecule is CCC(COC)n1ccc2c1CC(C)(C)CC2=O. The average molecular weight is 249 g/mol. The predicted octanol–water partition coefficient (Wildman–Crippen LogP) is 3.24. The number of hydrogen-bond acceptors (Lipinski definition) is 2. The zero-order valence-corrected chi connectivity index (χ0v) is 11.8. The fourth-order valence-electron chi connectivity index (χ4n) is 2.90. The van der Waals surface area contributed by atoms with Crippen molar-refractivity contribution in [1.29, 1.82) is 0 Å². The van der Waals surface area contributed by atoms with Crippen LogP contribution in [0.1, 0.15) is 55.7 Å². The summed E-state index contributed by atoms with van der Waals surface area (Å²) in [6.45, 7) is 7.20. The van der Waals surface area contributed by atoms with Crippen LogP contribution in [-0.2, 0) is 11.2 Å². The van der Waals surface area contributed by atoms with Gasteiger partial charge in [-0.1, -0.05) is 20.8 Å². The molecule has 0 aliphatic heterocycles. The molecule has 1 aliphatic rings. The monoisotopic (exact) mass is 249 g/mol. The summed E-state index contributed by atoms with van der Waals surface area (Å²) < 4.78 is 7.53. The second-order valence-corrected chi connectivity index (χ2v) is 6.04. The number of ketones is 1. The normalized spacial score (nSPS) is 19.7. The summed E-state index contributed by atoms with van der Waals surface area (Å²) in [5.41, 5.74) is 2.19. The lowest BCUT2D eigenvalue weighted by molar-refractivity contribution is 0.0906. The summed E-state index contributed by atoms with van der Waals surface area (Å²) in [6, 6.07) is 2.31. The number of fused-ring (bicyclic) bond motifs is 1. The standard InChI is InChI=1S/C15H23NO2/c1-5-11(10-18-4)16-7-6-12-13(16)8-15(2,3)9-14(12)17/h6-7,11H,5,8-10H2,1-4H3. The zero-order chi connectivity index (χ0) is 13.3. The van der Waals surface area contributed by atoms with Gasteiger partial charge in [-0.15, -0.1) is 0 Å². The van der Waals surface area contributed by atoms with E-state index in [9.17, 15) is 4.79 Å². The Hall–Kier alpha value is -1.09. The third kappa shape index (κ3) is 2.37. The largest absolute Gasteiger partial charge is 0.383 e. The number of hydrogen-bond donors (Lipinski definition) is 0. The lowest BCUT2D eigenvalue weighted by atomic mass is 9.76. The van der Waals surface area contributed by atoms with Crippen molar-refractivity contribution in [2.75, 3.05) is 13.7 Å². The Balaban J connectivity index is 2.38. The van der Waals surface area contributed by atoms with Gasteiger partial charge in [-0.3, -0.25) is 4.79 Å². The third-order valence-corrected chi connectivity index (χ3v) is 3.83. The molecule has 100 valence electrons. The molecule has 1 aromatic heterocycles. The molecule has 1 atom stereocenters. The van der Waals surface area contributed by atoms with Crippen molar-refractivity contribution in [3.05, 3.63) is 23.5 Å². The predicted molar refractivity (Wildman–Crippen MR) is 72.1 cm³/mol. The van der Waals surface area contributed by atoms with Gasteiger partial charge in [0.2, 0.25) is 0 Å². The van der Waals surface area contributed by atoms with E-state index in [0.29, 0.717) is 19.1 Å². The maximum atomic E-state index is 12.1. The van der Waals surface area contributed by atoms with Crippen molar-refractivity contribution in [2.24, 2.45) is 5.41 Å². The highest BCUT2D eigenvalue weighted by Gasteiger charge is 2.33. The van der Waals surface area contributed by atoms with Gasteiger partial charge in [0.05, 0.1) is 12.6 Å². The van der Waals surface area contributed by atoms with E-state index in [2.05, 4.69) is 31.5 Å². The molecule has 1 heterocycles. The molecule has 1 unspecified atom stereocenters. The summed E-state index contributed by atoms with van der Waals surface area (Å²) in [6.07, 6.45) is 4.70. The highest BCUT2D eigenvalue weighted by molar-refractivity contribution is 5.98. The van der Waals surface area contributed by atoms with Gasteiger partial charge in [0.25, 0.3) is 0 Å². The van der Waals surface area contributed by atoms with Crippen LogP contribution in [0.5, 0.6) is 0 Å². The van der Waals surface area contributed by atoms with Gasteiger partial charge in [0, 0.05) is 31.0 Å². The molecular formula is C15H23NO2. The third-order valence-electron chi connectivity index (χ3n) is 3.83. The molecule has 0 saturated carbocycles. The van der Waals surface area contributed by atoms with E-state index >= 15 is 0 Å². The van der Waals surface area contributed by atoms with Crippen LogP contribution >= 0.6 is 0 Å². The number of ether oxygens (including phenoxy) is 1. The molecule has 0 aromatic carbocycles. The number of nitrogens with zero attached hydrogens (tertiary/aromatic N) is 1. The Morgan fingerprint density at radius 3 is 2.78 bits per heavy atom. The van der Waals surface area contributed by atoms with Gasteiger partial charge < -0.3 is 9.30 Å². The molecule has 0 N–H and O–H groups in total. The Kier molecular flexibility index (Phi) is 3.62. The molecular weight excluding hydrogens is 226 g/mol. The Morgan fingerprint density at radius 2 is 2.17 bits per heavy atom. The molecule has 0 fully saturated rings.